The van der Waals surface area contributed by atoms with Gasteiger partial charge in [0, 0.05) is 13.4 Å². The topological polar surface area (TPSA) is 12.0 Å². The number of aryl methyl sites for hydroxylation is 1. The zero-order valence-corrected chi connectivity index (χ0v) is 16.4. The number of rotatable bonds is 4. The molecule has 0 saturated heterocycles. The first-order chi connectivity index (χ1) is 10.0. The first-order valence-corrected chi connectivity index (χ1v) is 9.40. The maximum atomic E-state index is 3.73. The monoisotopic (exact) mass is 471 g/mol. The predicted octanol–water partition coefficient (Wildman–Crippen LogP) is 6.85. The SMILES string of the molecule is Cc1ccc(C(Nc2c(Br)cc(Br)cc2Br)C2CC2)cc1. The molecule has 1 atom stereocenters. The summed E-state index contributed by atoms with van der Waals surface area (Å²) in [5, 5.41) is 3.73. The molecule has 1 saturated carbocycles. The molecule has 0 heterocycles. The molecule has 2 aromatic rings. The zero-order chi connectivity index (χ0) is 15.0. The van der Waals surface area contributed by atoms with E-state index in [1.54, 1.807) is 0 Å². The van der Waals surface area contributed by atoms with Gasteiger partial charge < -0.3 is 5.32 Å². The van der Waals surface area contributed by atoms with Crippen molar-refractivity contribution in [2.24, 2.45) is 5.92 Å². The van der Waals surface area contributed by atoms with Crippen molar-refractivity contribution in [3.05, 3.63) is 60.9 Å². The Morgan fingerprint density at radius 2 is 1.57 bits per heavy atom. The quantitative estimate of drug-likeness (QED) is 0.512. The van der Waals surface area contributed by atoms with Gasteiger partial charge in [-0.15, -0.1) is 0 Å². The Kier molecular flexibility index (Phi) is 4.77. The van der Waals surface area contributed by atoms with Crippen molar-refractivity contribution in [3.63, 3.8) is 0 Å². The van der Waals surface area contributed by atoms with Gasteiger partial charge in [0.1, 0.15) is 0 Å². The third kappa shape index (κ3) is 3.72. The number of benzene rings is 2. The van der Waals surface area contributed by atoms with E-state index >= 15 is 0 Å². The van der Waals surface area contributed by atoms with Crippen LogP contribution in [-0.4, -0.2) is 0 Å². The highest BCUT2D eigenvalue weighted by atomic mass is 79.9. The summed E-state index contributed by atoms with van der Waals surface area (Å²) in [6.45, 7) is 2.13. The molecular formula is C17H16Br3N. The minimum atomic E-state index is 0.374. The van der Waals surface area contributed by atoms with Crippen LogP contribution in [0, 0.1) is 12.8 Å². The van der Waals surface area contributed by atoms with E-state index in [1.165, 1.54) is 24.0 Å². The highest BCUT2D eigenvalue weighted by Crippen LogP contribution is 2.45. The number of nitrogens with one attached hydrogen (secondary N) is 1. The number of hydrogen-bond donors (Lipinski definition) is 1. The lowest BCUT2D eigenvalue weighted by Gasteiger charge is -2.22. The van der Waals surface area contributed by atoms with Gasteiger partial charge in [-0.05, 0) is 75.2 Å². The van der Waals surface area contributed by atoms with Crippen molar-refractivity contribution in [1.82, 2.24) is 0 Å². The lowest BCUT2D eigenvalue weighted by atomic mass is 10.0. The smallest absolute Gasteiger partial charge is 0.0634 e. The largest absolute Gasteiger partial charge is 0.376 e. The number of anilines is 1. The highest BCUT2D eigenvalue weighted by molar-refractivity contribution is 9.11. The molecule has 21 heavy (non-hydrogen) atoms. The van der Waals surface area contributed by atoms with Crippen LogP contribution in [0.5, 0.6) is 0 Å². The van der Waals surface area contributed by atoms with E-state index in [1.807, 2.05) is 0 Å². The molecule has 3 rings (SSSR count). The Balaban J connectivity index is 1.91. The minimum Gasteiger partial charge on any atom is -0.376 e. The summed E-state index contributed by atoms with van der Waals surface area (Å²) in [5.41, 5.74) is 3.79. The van der Waals surface area contributed by atoms with E-state index in [4.69, 9.17) is 0 Å². The van der Waals surface area contributed by atoms with Gasteiger partial charge >= 0.3 is 0 Å². The maximum absolute atomic E-state index is 3.73. The molecular weight excluding hydrogens is 458 g/mol. The fourth-order valence-corrected chi connectivity index (χ4v) is 5.00. The van der Waals surface area contributed by atoms with Gasteiger partial charge in [0.2, 0.25) is 0 Å². The summed E-state index contributed by atoms with van der Waals surface area (Å²) < 4.78 is 3.20. The Bertz CT molecular complexity index is 625. The highest BCUT2D eigenvalue weighted by Gasteiger charge is 2.33. The minimum absolute atomic E-state index is 0.374. The third-order valence-electron chi connectivity index (χ3n) is 3.84. The van der Waals surface area contributed by atoms with Gasteiger partial charge in [-0.2, -0.15) is 0 Å². The molecule has 0 aliphatic heterocycles. The van der Waals surface area contributed by atoms with E-state index in [2.05, 4.69) is 96.4 Å². The van der Waals surface area contributed by atoms with Crippen molar-refractivity contribution in [3.8, 4) is 0 Å². The number of hydrogen-bond acceptors (Lipinski definition) is 1. The van der Waals surface area contributed by atoms with Crippen LogP contribution in [0.1, 0.15) is 30.0 Å². The average molecular weight is 474 g/mol. The molecule has 0 aromatic heterocycles. The molecule has 1 N–H and O–H groups in total. The molecule has 2 aromatic carbocycles. The van der Waals surface area contributed by atoms with Crippen LogP contribution < -0.4 is 5.32 Å². The second kappa shape index (κ2) is 6.43. The zero-order valence-electron chi connectivity index (χ0n) is 11.7. The summed E-state index contributed by atoms with van der Waals surface area (Å²) in [6.07, 6.45) is 2.61. The second-order valence-corrected chi connectivity index (χ2v) is 8.24. The first kappa shape index (κ1) is 15.6. The number of halogens is 3. The van der Waals surface area contributed by atoms with E-state index in [-0.39, 0.29) is 0 Å². The standard InChI is InChI=1S/C17H16Br3N/c1-10-2-4-11(5-3-10)16(12-6-7-12)21-17-14(19)8-13(18)9-15(17)20/h2-5,8-9,12,16,21H,6-7H2,1H3. The summed E-state index contributed by atoms with van der Waals surface area (Å²) in [7, 11) is 0. The van der Waals surface area contributed by atoms with Gasteiger partial charge in [0.25, 0.3) is 0 Å². The molecule has 1 aliphatic rings. The fraction of sp³-hybridized carbons (Fsp3) is 0.294. The molecule has 1 unspecified atom stereocenters. The van der Waals surface area contributed by atoms with E-state index in [9.17, 15) is 0 Å². The Labute approximate surface area is 150 Å². The molecule has 0 radical (unpaired) electrons. The molecule has 0 spiro atoms. The average Bonchev–Trinajstić information content (AvgIpc) is 3.24. The summed E-state index contributed by atoms with van der Waals surface area (Å²) in [4.78, 5) is 0. The van der Waals surface area contributed by atoms with Crippen molar-refractivity contribution in [1.29, 1.82) is 0 Å². The third-order valence-corrected chi connectivity index (χ3v) is 5.55. The first-order valence-electron chi connectivity index (χ1n) is 7.02. The summed E-state index contributed by atoms with van der Waals surface area (Å²) in [5.74, 6) is 0.732. The van der Waals surface area contributed by atoms with E-state index in [0.717, 1.165) is 25.0 Å². The van der Waals surface area contributed by atoms with Gasteiger partial charge in [0.15, 0.2) is 0 Å². The van der Waals surface area contributed by atoms with Gasteiger partial charge in [-0.1, -0.05) is 45.8 Å². The van der Waals surface area contributed by atoms with Gasteiger partial charge in [-0.25, -0.2) is 0 Å². The Hall–Kier alpha value is -0.320. The van der Waals surface area contributed by atoms with Crippen LogP contribution in [0.3, 0.4) is 0 Å². The van der Waals surface area contributed by atoms with Crippen LogP contribution in [0.2, 0.25) is 0 Å². The maximum Gasteiger partial charge on any atom is 0.0634 e. The van der Waals surface area contributed by atoms with Gasteiger partial charge in [-0.3, -0.25) is 0 Å². The second-order valence-electron chi connectivity index (χ2n) is 5.61. The van der Waals surface area contributed by atoms with Crippen molar-refractivity contribution in [2.75, 3.05) is 5.32 Å². The van der Waals surface area contributed by atoms with E-state index in [0.29, 0.717) is 6.04 Å². The fourth-order valence-electron chi connectivity index (χ4n) is 2.51. The predicted molar refractivity (Wildman–Crippen MR) is 99.8 cm³/mol. The summed E-state index contributed by atoms with van der Waals surface area (Å²) >= 11 is 10.8. The Morgan fingerprint density at radius 3 is 2.10 bits per heavy atom. The molecule has 1 aliphatic carbocycles. The van der Waals surface area contributed by atoms with Crippen LogP contribution in [0.25, 0.3) is 0 Å². The van der Waals surface area contributed by atoms with Crippen LogP contribution in [0.15, 0.2) is 49.8 Å². The Morgan fingerprint density at radius 1 is 1.00 bits per heavy atom. The molecule has 0 amide bonds. The lowest BCUT2D eigenvalue weighted by molar-refractivity contribution is 0.678. The van der Waals surface area contributed by atoms with Crippen LogP contribution in [-0.2, 0) is 0 Å². The molecule has 0 bridgehead atoms. The van der Waals surface area contributed by atoms with Crippen LogP contribution in [0.4, 0.5) is 5.69 Å². The molecule has 4 heteroatoms. The van der Waals surface area contributed by atoms with Crippen molar-refractivity contribution in [2.45, 2.75) is 25.8 Å². The van der Waals surface area contributed by atoms with Gasteiger partial charge in [0.05, 0.1) is 11.7 Å². The van der Waals surface area contributed by atoms with Crippen molar-refractivity contribution < 1.29 is 0 Å². The molecule has 110 valence electrons. The molecule has 1 fully saturated rings. The van der Waals surface area contributed by atoms with Crippen molar-refractivity contribution >= 4 is 53.5 Å². The van der Waals surface area contributed by atoms with E-state index < -0.39 is 0 Å². The molecule has 1 nitrogen and oxygen atoms in total. The normalized spacial score (nSPS) is 15.8. The van der Waals surface area contributed by atoms with Crippen LogP contribution >= 0.6 is 47.8 Å². The lowest BCUT2D eigenvalue weighted by Crippen LogP contribution is -2.13. The summed E-state index contributed by atoms with van der Waals surface area (Å²) in [6, 6.07) is 13.4.